The lowest BCUT2D eigenvalue weighted by atomic mass is 10.2. The molecule has 1 saturated heterocycles. The Kier molecular flexibility index (Phi) is 6.82. The molecule has 0 atom stereocenters. The third-order valence-electron chi connectivity index (χ3n) is 6.03. The first-order chi connectivity index (χ1) is 17.8. The van der Waals surface area contributed by atoms with Gasteiger partial charge in [0.1, 0.15) is 17.2 Å². The second-order valence-electron chi connectivity index (χ2n) is 8.43. The molecule has 2 heterocycles. The highest BCUT2D eigenvalue weighted by Crippen LogP contribution is 2.37. The van der Waals surface area contributed by atoms with Crippen LogP contribution in [0.3, 0.4) is 0 Å². The normalized spacial score (nSPS) is 14.5. The van der Waals surface area contributed by atoms with Gasteiger partial charge in [-0.3, -0.25) is 9.59 Å². The Morgan fingerprint density at radius 2 is 1.38 bits per heavy atom. The van der Waals surface area contributed by atoms with Crippen LogP contribution >= 0.6 is 23.4 Å². The van der Waals surface area contributed by atoms with Gasteiger partial charge in [-0.25, -0.2) is 4.90 Å². The molecule has 0 saturated carbocycles. The summed E-state index contributed by atoms with van der Waals surface area (Å²) in [5, 5.41) is 0.207. The Morgan fingerprint density at radius 1 is 0.811 bits per heavy atom. The predicted molar refractivity (Wildman–Crippen MR) is 148 cm³/mol. The first-order valence-electron chi connectivity index (χ1n) is 11.5. The molecule has 6 nitrogen and oxygen atoms in total. The van der Waals surface area contributed by atoms with Crippen molar-refractivity contribution >= 4 is 46.3 Å². The van der Waals surface area contributed by atoms with Crippen molar-refractivity contribution in [2.24, 2.45) is 0 Å². The molecule has 5 rings (SSSR count). The summed E-state index contributed by atoms with van der Waals surface area (Å²) >= 11 is 6.88. The second-order valence-corrected chi connectivity index (χ2v) is 9.86. The first kappa shape index (κ1) is 24.7. The summed E-state index contributed by atoms with van der Waals surface area (Å²) in [4.78, 5) is 27.2. The fourth-order valence-electron chi connectivity index (χ4n) is 4.20. The number of aromatic nitrogens is 1. The fourth-order valence-corrected chi connectivity index (χ4v) is 5.15. The molecular formula is C29H23ClN2O4S. The number of ether oxygens (including phenoxy) is 2. The molecule has 1 aliphatic rings. The van der Waals surface area contributed by atoms with Crippen molar-refractivity contribution < 1.29 is 19.1 Å². The molecule has 4 aromatic rings. The maximum Gasteiger partial charge on any atom is 0.298 e. The van der Waals surface area contributed by atoms with Crippen LogP contribution < -0.4 is 14.4 Å². The van der Waals surface area contributed by atoms with Crippen LogP contribution in [0.1, 0.15) is 17.0 Å². The minimum absolute atomic E-state index is 0.333. The van der Waals surface area contributed by atoms with Crippen LogP contribution in [0.2, 0.25) is 5.02 Å². The molecule has 0 radical (unpaired) electrons. The van der Waals surface area contributed by atoms with Gasteiger partial charge < -0.3 is 14.0 Å². The van der Waals surface area contributed by atoms with Crippen molar-refractivity contribution in [3.63, 3.8) is 0 Å². The van der Waals surface area contributed by atoms with Gasteiger partial charge in [-0.05, 0) is 116 Å². The number of amides is 2. The number of anilines is 1. The van der Waals surface area contributed by atoms with E-state index in [0.717, 1.165) is 45.9 Å². The highest BCUT2D eigenvalue weighted by Gasteiger charge is 2.36. The molecule has 37 heavy (non-hydrogen) atoms. The largest absolute Gasteiger partial charge is 0.497 e. The number of aryl methyl sites for hydroxylation is 1. The Hall–Kier alpha value is -3.94. The van der Waals surface area contributed by atoms with Crippen molar-refractivity contribution in [1.29, 1.82) is 0 Å². The lowest BCUT2D eigenvalue weighted by Crippen LogP contribution is -2.27. The molecular weight excluding hydrogens is 508 g/mol. The molecule has 0 aliphatic carbocycles. The van der Waals surface area contributed by atoms with Crippen LogP contribution in [0.4, 0.5) is 10.5 Å². The molecule has 0 unspecified atom stereocenters. The molecule has 2 amide bonds. The highest BCUT2D eigenvalue weighted by atomic mass is 35.5. The maximum atomic E-state index is 13.1. The van der Waals surface area contributed by atoms with E-state index in [-0.39, 0.29) is 11.1 Å². The zero-order chi connectivity index (χ0) is 26.1. The van der Waals surface area contributed by atoms with E-state index in [1.165, 1.54) is 4.90 Å². The van der Waals surface area contributed by atoms with Crippen LogP contribution in [0, 0.1) is 13.8 Å². The standard InChI is InChI=1S/C29H23ClN2O4S/c1-18-16-20(17-27-28(33)32(29(34)37-27)23-6-4-21(30)5-7-23)19(2)31(18)22-8-10-25(11-9-22)36-26-14-12-24(35-3)13-15-26/h4-17H,1-3H3/b27-17-. The van der Waals surface area contributed by atoms with Gasteiger partial charge in [0.05, 0.1) is 17.7 Å². The second kappa shape index (κ2) is 10.2. The van der Waals surface area contributed by atoms with Crippen LogP contribution in [-0.2, 0) is 4.79 Å². The van der Waals surface area contributed by atoms with Gasteiger partial charge in [0, 0.05) is 22.1 Å². The van der Waals surface area contributed by atoms with E-state index < -0.39 is 0 Å². The Balaban J connectivity index is 1.37. The summed E-state index contributed by atoms with van der Waals surface area (Å²) in [5.74, 6) is 1.86. The van der Waals surface area contributed by atoms with Gasteiger partial charge >= 0.3 is 0 Å². The van der Waals surface area contributed by atoms with Crippen molar-refractivity contribution in [1.82, 2.24) is 4.57 Å². The van der Waals surface area contributed by atoms with E-state index >= 15 is 0 Å². The van der Waals surface area contributed by atoms with Crippen LogP contribution in [0.5, 0.6) is 17.2 Å². The van der Waals surface area contributed by atoms with Crippen molar-refractivity contribution in [3.05, 3.63) is 106 Å². The Bertz CT molecular complexity index is 1510. The summed E-state index contributed by atoms with van der Waals surface area (Å²) < 4.78 is 13.2. The van der Waals surface area contributed by atoms with Crippen LogP contribution in [0.25, 0.3) is 11.8 Å². The first-order valence-corrected chi connectivity index (χ1v) is 12.7. The zero-order valence-corrected chi connectivity index (χ0v) is 22.0. The van der Waals surface area contributed by atoms with E-state index in [0.29, 0.717) is 21.4 Å². The zero-order valence-electron chi connectivity index (χ0n) is 20.4. The minimum Gasteiger partial charge on any atom is -0.497 e. The summed E-state index contributed by atoms with van der Waals surface area (Å²) in [6, 6.07) is 23.8. The van der Waals surface area contributed by atoms with Crippen LogP contribution in [0.15, 0.2) is 83.8 Å². The summed E-state index contributed by atoms with van der Waals surface area (Å²) in [6.45, 7) is 4.00. The number of carbonyl (C=O) groups is 2. The van der Waals surface area contributed by atoms with Crippen molar-refractivity contribution in [2.75, 3.05) is 12.0 Å². The molecule has 0 spiro atoms. The number of benzene rings is 3. The SMILES string of the molecule is COc1ccc(Oc2ccc(-n3c(C)cc(/C=C4\SC(=O)N(c5ccc(Cl)cc5)C4=O)c3C)cc2)cc1. The van der Waals surface area contributed by atoms with Crippen molar-refractivity contribution in [3.8, 4) is 22.9 Å². The minimum atomic E-state index is -0.345. The lowest BCUT2D eigenvalue weighted by Gasteiger charge is -2.12. The number of rotatable bonds is 6. The number of hydrogen-bond acceptors (Lipinski definition) is 5. The number of hydrogen-bond donors (Lipinski definition) is 0. The molecule has 8 heteroatoms. The number of imide groups is 1. The Labute approximate surface area is 224 Å². The average molecular weight is 531 g/mol. The van der Waals surface area contributed by atoms with Crippen molar-refractivity contribution in [2.45, 2.75) is 13.8 Å². The molecule has 186 valence electrons. The van der Waals surface area contributed by atoms with Gasteiger partial charge in [-0.1, -0.05) is 11.6 Å². The average Bonchev–Trinajstić information content (AvgIpc) is 3.34. The van der Waals surface area contributed by atoms with E-state index in [2.05, 4.69) is 4.57 Å². The Morgan fingerprint density at radius 3 is 2.00 bits per heavy atom. The van der Waals surface area contributed by atoms with E-state index in [1.807, 2.05) is 68.4 Å². The number of halogens is 1. The van der Waals surface area contributed by atoms with E-state index in [9.17, 15) is 9.59 Å². The van der Waals surface area contributed by atoms with Gasteiger partial charge in [0.2, 0.25) is 0 Å². The molecule has 1 aliphatic heterocycles. The summed E-state index contributed by atoms with van der Waals surface area (Å²) in [6.07, 6.45) is 1.78. The monoisotopic (exact) mass is 530 g/mol. The van der Waals surface area contributed by atoms with Gasteiger partial charge in [0.25, 0.3) is 11.1 Å². The molecule has 1 aromatic heterocycles. The number of nitrogens with zero attached hydrogens (tertiary/aromatic N) is 2. The van der Waals surface area contributed by atoms with Gasteiger partial charge in [-0.15, -0.1) is 0 Å². The third kappa shape index (κ3) is 5.01. The topological polar surface area (TPSA) is 60.8 Å². The quantitative estimate of drug-likeness (QED) is 0.238. The summed E-state index contributed by atoms with van der Waals surface area (Å²) in [5.41, 5.74) is 4.30. The summed E-state index contributed by atoms with van der Waals surface area (Å²) in [7, 11) is 1.63. The van der Waals surface area contributed by atoms with E-state index in [1.54, 1.807) is 37.5 Å². The van der Waals surface area contributed by atoms with E-state index in [4.69, 9.17) is 21.1 Å². The molecule has 0 N–H and O–H groups in total. The lowest BCUT2D eigenvalue weighted by molar-refractivity contribution is -0.113. The van der Waals surface area contributed by atoms with Crippen LogP contribution in [-0.4, -0.2) is 22.8 Å². The molecule has 3 aromatic carbocycles. The van der Waals surface area contributed by atoms with Gasteiger partial charge in [-0.2, -0.15) is 0 Å². The number of carbonyl (C=O) groups excluding carboxylic acids is 2. The fraction of sp³-hybridized carbons (Fsp3) is 0.103. The highest BCUT2D eigenvalue weighted by molar-refractivity contribution is 8.19. The molecule has 1 fully saturated rings. The smallest absolute Gasteiger partial charge is 0.298 e. The maximum absolute atomic E-state index is 13.1. The predicted octanol–water partition coefficient (Wildman–Crippen LogP) is 7.79. The number of thioether (sulfide) groups is 1. The number of methoxy groups -OCH3 is 1. The van der Waals surface area contributed by atoms with Gasteiger partial charge in [0.15, 0.2) is 0 Å². The third-order valence-corrected chi connectivity index (χ3v) is 7.15. The molecule has 0 bridgehead atoms.